The number of nitro benzene ring substituents is 2. The predicted octanol–water partition coefficient (Wildman–Crippen LogP) is -0.710. The molecule has 64 heavy (non-hydrogen) atoms. The topological polar surface area (TPSA) is 264 Å². The fourth-order valence-corrected chi connectivity index (χ4v) is 7.50. The highest BCUT2D eigenvalue weighted by Gasteiger charge is 2.31. The molecule has 4 aromatic rings. The van der Waals surface area contributed by atoms with Gasteiger partial charge in [0.2, 0.25) is 0 Å². The molecule has 2 aliphatic heterocycles. The molecule has 2 saturated heterocycles. The Morgan fingerprint density at radius 1 is 0.562 bits per heavy atom. The first-order valence-electron chi connectivity index (χ1n) is 20.4. The monoisotopic (exact) mass is 890 g/mol. The number of nitro groups is 2. The van der Waals surface area contributed by atoms with Crippen LogP contribution in [0.25, 0.3) is 0 Å². The average molecular weight is 891 g/mol. The Labute approximate surface area is 364 Å². The van der Waals surface area contributed by atoms with Crippen LogP contribution in [-0.2, 0) is 47.3 Å². The summed E-state index contributed by atoms with van der Waals surface area (Å²) in [5.74, 6) is -1.59. The summed E-state index contributed by atoms with van der Waals surface area (Å²) in [6, 6.07) is 14.1. The number of nitrogens with zero attached hydrogens (tertiary/aromatic N) is 10. The minimum atomic E-state index is -1.26. The van der Waals surface area contributed by atoms with Crippen LogP contribution in [0.1, 0.15) is 0 Å². The van der Waals surface area contributed by atoms with E-state index in [0.717, 1.165) is 9.13 Å². The maximum Gasteiger partial charge on any atom is 0.417 e. The molecule has 0 amide bonds. The minimum absolute atomic E-state index is 0.00871. The molecule has 24 heteroatoms. The van der Waals surface area contributed by atoms with Gasteiger partial charge < -0.3 is 29.9 Å². The third-order valence-electron chi connectivity index (χ3n) is 11.3. The van der Waals surface area contributed by atoms with Crippen molar-refractivity contribution in [3.05, 3.63) is 123 Å². The summed E-state index contributed by atoms with van der Waals surface area (Å²) in [7, 11) is 5.97. The van der Waals surface area contributed by atoms with Gasteiger partial charge in [0.25, 0.3) is 22.5 Å². The first-order valence-corrected chi connectivity index (χ1v) is 20.4. The molecule has 2 N–H and O–H groups in total. The van der Waals surface area contributed by atoms with Gasteiger partial charge in [0.05, 0.1) is 22.9 Å². The molecule has 0 aliphatic carbocycles. The van der Waals surface area contributed by atoms with Crippen LogP contribution in [0.15, 0.2) is 79.8 Å². The largest absolute Gasteiger partial charge is 0.451 e. The first kappa shape index (κ1) is 46.2. The maximum atomic E-state index is 13.6. The van der Waals surface area contributed by atoms with Gasteiger partial charge in [0.1, 0.15) is 23.8 Å². The zero-order valence-electron chi connectivity index (χ0n) is 35.8. The van der Waals surface area contributed by atoms with E-state index in [1.54, 1.807) is 14.1 Å². The quantitative estimate of drug-likeness (QED) is 0.0609. The van der Waals surface area contributed by atoms with Crippen molar-refractivity contribution in [3.8, 4) is 0 Å². The smallest absolute Gasteiger partial charge is 0.417 e. The molecule has 0 bridgehead atoms. The number of ether oxygens (including phenoxy) is 2. The van der Waals surface area contributed by atoms with Crippen LogP contribution in [0.5, 0.6) is 0 Å². The minimum Gasteiger partial charge on any atom is -0.451 e. The SMILES string of the molecule is Cn1c(N2CCN(CC(CNc3ccc([N+](=O)[O-])cc3)OC(=O)C(=O)OC(CNc3ccc([N+](=O)[O-])cc3)CN3CCN(c4cc(=O)n(C)c(=O)n4C)CC3)CC2)cc(=O)n(C)c1=O. The fourth-order valence-electron chi connectivity index (χ4n) is 7.50. The van der Waals surface area contributed by atoms with Crippen LogP contribution in [0, 0.1) is 20.2 Å². The van der Waals surface area contributed by atoms with E-state index in [9.17, 15) is 49.0 Å². The lowest BCUT2D eigenvalue weighted by molar-refractivity contribution is -0.385. The second-order valence-corrected chi connectivity index (χ2v) is 15.5. The van der Waals surface area contributed by atoms with Crippen molar-refractivity contribution in [2.24, 2.45) is 28.2 Å². The number of aromatic nitrogens is 4. The van der Waals surface area contributed by atoms with Gasteiger partial charge in [-0.1, -0.05) is 0 Å². The lowest BCUT2D eigenvalue weighted by atomic mass is 10.2. The van der Waals surface area contributed by atoms with Gasteiger partial charge in [-0.3, -0.25) is 57.9 Å². The van der Waals surface area contributed by atoms with Crippen molar-refractivity contribution >= 4 is 46.3 Å². The standard InChI is InChI=1S/C40H50N12O12/c1-43-33(21-35(53)45(3)39(43)57)49-17-13-47(14-18-49)25-31(23-41-27-5-9-29(10-6-27)51(59)60)63-37(55)38(56)64-32(24-42-28-7-11-30(12-8-28)52(61)62)26-48-15-19-50(20-16-48)34-22-36(54)46(4)40(58)44(34)2/h5-12,21-22,31-32,41-42H,13-20,23-26H2,1-4H3. The van der Waals surface area contributed by atoms with E-state index in [2.05, 4.69) is 10.6 Å². The second-order valence-electron chi connectivity index (χ2n) is 15.5. The van der Waals surface area contributed by atoms with Crippen LogP contribution < -0.4 is 42.9 Å². The van der Waals surface area contributed by atoms with E-state index in [4.69, 9.17) is 9.47 Å². The molecule has 0 saturated carbocycles. The number of nitrogens with one attached hydrogen (secondary N) is 2. The van der Waals surface area contributed by atoms with Crippen molar-refractivity contribution in [3.63, 3.8) is 0 Å². The first-order chi connectivity index (χ1) is 30.5. The molecule has 2 aliphatic rings. The van der Waals surface area contributed by atoms with Gasteiger partial charge in [-0.2, -0.15) is 0 Å². The number of esters is 2. The zero-order chi connectivity index (χ0) is 46.2. The molecule has 2 fully saturated rings. The van der Waals surface area contributed by atoms with Crippen LogP contribution in [0.2, 0.25) is 0 Å². The van der Waals surface area contributed by atoms with Crippen molar-refractivity contribution < 1.29 is 28.9 Å². The van der Waals surface area contributed by atoms with Crippen molar-refractivity contribution in [2.75, 3.05) is 99.0 Å². The molecule has 0 radical (unpaired) electrons. The van der Waals surface area contributed by atoms with E-state index in [1.165, 1.54) is 83.9 Å². The van der Waals surface area contributed by atoms with Crippen molar-refractivity contribution in [2.45, 2.75) is 12.2 Å². The fraction of sp³-hybridized carbons (Fsp3) is 0.450. The van der Waals surface area contributed by atoms with Crippen molar-refractivity contribution in [1.29, 1.82) is 0 Å². The van der Waals surface area contributed by atoms with Gasteiger partial charge in [-0.25, -0.2) is 19.2 Å². The molecule has 2 aromatic carbocycles. The number of benzene rings is 2. The summed E-state index contributed by atoms with van der Waals surface area (Å²) in [5, 5.41) is 28.6. The highest BCUT2D eigenvalue weighted by Crippen LogP contribution is 2.19. The van der Waals surface area contributed by atoms with Gasteiger partial charge in [-0.15, -0.1) is 0 Å². The molecular weight excluding hydrogens is 841 g/mol. The molecule has 0 spiro atoms. The van der Waals surface area contributed by atoms with Gasteiger partial charge >= 0.3 is 23.3 Å². The summed E-state index contributed by atoms with van der Waals surface area (Å²) < 4.78 is 16.4. The Morgan fingerprint density at radius 2 is 0.891 bits per heavy atom. The summed E-state index contributed by atoms with van der Waals surface area (Å²) >= 11 is 0. The molecule has 2 atom stereocenters. The normalized spacial score (nSPS) is 15.6. The van der Waals surface area contributed by atoms with E-state index in [-0.39, 0.29) is 37.6 Å². The predicted molar refractivity (Wildman–Crippen MR) is 234 cm³/mol. The summed E-state index contributed by atoms with van der Waals surface area (Å²) in [4.78, 5) is 106. The van der Waals surface area contributed by atoms with Gasteiger partial charge in [0.15, 0.2) is 0 Å². The number of carbonyl (C=O) groups is 2. The molecule has 4 heterocycles. The average Bonchev–Trinajstić information content (AvgIpc) is 3.29. The third kappa shape index (κ3) is 11.2. The molecular formula is C40H50N12O12. The number of hydrogen-bond acceptors (Lipinski definition) is 18. The Bertz CT molecular complexity index is 2410. The molecule has 342 valence electrons. The van der Waals surface area contributed by atoms with E-state index in [1.807, 2.05) is 19.6 Å². The molecule has 2 unspecified atom stereocenters. The second kappa shape index (κ2) is 20.2. The Balaban J connectivity index is 1.13. The van der Waals surface area contributed by atoms with Gasteiger partial charge in [0, 0.05) is 141 Å². The number of piperazine rings is 2. The molecule has 24 nitrogen and oxygen atoms in total. The lowest BCUT2D eigenvalue weighted by Crippen LogP contribution is -2.52. The number of non-ortho nitro benzene ring substituents is 2. The number of rotatable bonds is 16. The molecule has 6 rings (SSSR count). The van der Waals surface area contributed by atoms with Crippen molar-refractivity contribution in [1.82, 2.24) is 28.1 Å². The Morgan fingerprint density at radius 3 is 1.20 bits per heavy atom. The number of carbonyl (C=O) groups excluding carboxylic acids is 2. The summed E-state index contributed by atoms with van der Waals surface area (Å²) in [5.41, 5.74) is -1.01. The highest BCUT2D eigenvalue weighted by molar-refractivity contribution is 6.29. The van der Waals surface area contributed by atoms with Crippen LogP contribution in [0.4, 0.5) is 34.4 Å². The van der Waals surface area contributed by atoms with E-state index in [0.29, 0.717) is 75.4 Å². The van der Waals surface area contributed by atoms with Crippen LogP contribution in [0.3, 0.4) is 0 Å². The zero-order valence-corrected chi connectivity index (χ0v) is 35.8. The number of hydrogen-bond donors (Lipinski definition) is 2. The lowest BCUT2D eigenvalue weighted by Gasteiger charge is -2.38. The van der Waals surface area contributed by atoms with Crippen LogP contribution in [-0.4, -0.2) is 141 Å². The van der Waals surface area contributed by atoms with E-state index < -0.39 is 56.5 Å². The Kier molecular flexibility index (Phi) is 14.6. The maximum absolute atomic E-state index is 13.6. The van der Waals surface area contributed by atoms with Gasteiger partial charge in [-0.05, 0) is 24.3 Å². The number of anilines is 4. The van der Waals surface area contributed by atoms with Crippen LogP contribution >= 0.6 is 0 Å². The third-order valence-corrected chi connectivity index (χ3v) is 11.3. The molecule has 2 aromatic heterocycles. The Hall–Kier alpha value is -7.34. The highest BCUT2D eigenvalue weighted by atomic mass is 16.6. The summed E-state index contributed by atoms with van der Waals surface area (Å²) in [6.07, 6.45) is -1.85. The summed E-state index contributed by atoms with van der Waals surface area (Å²) in [6.45, 7) is 3.84. The van der Waals surface area contributed by atoms with E-state index >= 15 is 0 Å².